The molecule has 21 heavy (non-hydrogen) atoms. The summed E-state index contributed by atoms with van der Waals surface area (Å²) in [7, 11) is 1.83. The highest BCUT2D eigenvalue weighted by molar-refractivity contribution is 5.29. The predicted octanol–water partition coefficient (Wildman–Crippen LogP) is 4.67. The first-order valence-corrected chi connectivity index (χ1v) is 8.53. The summed E-state index contributed by atoms with van der Waals surface area (Å²) >= 11 is 0. The van der Waals surface area contributed by atoms with E-state index in [1.54, 1.807) is 0 Å². The van der Waals surface area contributed by atoms with Gasteiger partial charge in [0.15, 0.2) is 0 Å². The van der Waals surface area contributed by atoms with Crippen LogP contribution in [0.1, 0.15) is 69.5 Å². The first kappa shape index (κ1) is 16.5. The Bertz CT molecular complexity index is 408. The fourth-order valence-corrected chi connectivity index (χ4v) is 3.23. The van der Waals surface area contributed by atoms with Crippen LogP contribution in [0.5, 0.6) is 0 Å². The van der Waals surface area contributed by atoms with Gasteiger partial charge in [0.1, 0.15) is 0 Å². The van der Waals surface area contributed by atoms with Gasteiger partial charge in [-0.15, -0.1) is 0 Å². The number of nitrogens with one attached hydrogen (secondary N) is 1. The molecule has 1 N–H and O–H groups in total. The summed E-state index contributed by atoms with van der Waals surface area (Å²) in [5, 5.41) is 3.67. The lowest BCUT2D eigenvalue weighted by Crippen LogP contribution is -2.37. The molecule has 2 heteroatoms. The van der Waals surface area contributed by atoms with E-state index in [-0.39, 0.29) is 12.1 Å². The molecule has 2 atom stereocenters. The Morgan fingerprint density at radius 1 is 1.19 bits per heavy atom. The van der Waals surface area contributed by atoms with E-state index in [1.807, 2.05) is 7.11 Å². The van der Waals surface area contributed by atoms with Crippen molar-refractivity contribution in [1.29, 1.82) is 0 Å². The lowest BCUT2D eigenvalue weighted by atomic mass is 9.79. The summed E-state index contributed by atoms with van der Waals surface area (Å²) < 4.78 is 5.77. The van der Waals surface area contributed by atoms with Crippen LogP contribution in [0.15, 0.2) is 24.3 Å². The van der Waals surface area contributed by atoms with Gasteiger partial charge in [0, 0.05) is 7.11 Å². The number of benzene rings is 1. The molecule has 1 aromatic carbocycles. The standard InChI is InChI=1S/C19H31NO/c1-5-13-20-18(19(21-4)14(2)3)17-11-9-16(10-12-17)15-7-6-8-15/h9-12,14-15,18-20H,5-8,13H2,1-4H3. The molecule has 2 rings (SSSR count). The highest BCUT2D eigenvalue weighted by Gasteiger charge is 2.26. The molecule has 0 saturated heterocycles. The molecule has 118 valence electrons. The van der Waals surface area contributed by atoms with Gasteiger partial charge in [-0.1, -0.05) is 51.5 Å². The van der Waals surface area contributed by atoms with Crippen molar-refractivity contribution in [2.75, 3.05) is 13.7 Å². The number of methoxy groups -OCH3 is 1. The third-order valence-corrected chi connectivity index (χ3v) is 4.74. The Morgan fingerprint density at radius 2 is 1.86 bits per heavy atom. The lowest BCUT2D eigenvalue weighted by molar-refractivity contribution is 0.0326. The molecule has 0 heterocycles. The van der Waals surface area contributed by atoms with Crippen molar-refractivity contribution in [2.45, 2.75) is 64.5 Å². The third kappa shape index (κ3) is 4.08. The highest BCUT2D eigenvalue weighted by atomic mass is 16.5. The summed E-state index contributed by atoms with van der Waals surface area (Å²) in [6.07, 6.45) is 5.48. The van der Waals surface area contributed by atoms with Crippen molar-refractivity contribution in [2.24, 2.45) is 5.92 Å². The molecular weight excluding hydrogens is 258 g/mol. The molecule has 1 aromatic rings. The summed E-state index contributed by atoms with van der Waals surface area (Å²) in [6.45, 7) is 7.71. The van der Waals surface area contributed by atoms with E-state index < -0.39 is 0 Å². The van der Waals surface area contributed by atoms with Crippen LogP contribution < -0.4 is 5.32 Å². The van der Waals surface area contributed by atoms with E-state index in [4.69, 9.17) is 4.74 Å². The van der Waals surface area contributed by atoms with E-state index in [0.29, 0.717) is 5.92 Å². The Kier molecular flexibility index (Phi) is 6.25. The maximum Gasteiger partial charge on any atom is 0.0788 e. The predicted molar refractivity (Wildman–Crippen MR) is 89.7 cm³/mol. The van der Waals surface area contributed by atoms with Crippen molar-refractivity contribution in [3.05, 3.63) is 35.4 Å². The van der Waals surface area contributed by atoms with Crippen LogP contribution in [0.25, 0.3) is 0 Å². The van der Waals surface area contributed by atoms with Crippen LogP contribution in [-0.2, 0) is 4.74 Å². The lowest BCUT2D eigenvalue weighted by Gasteiger charge is -2.31. The molecule has 1 aliphatic rings. The van der Waals surface area contributed by atoms with E-state index in [0.717, 1.165) is 18.9 Å². The number of hydrogen-bond acceptors (Lipinski definition) is 2. The zero-order valence-corrected chi connectivity index (χ0v) is 14.1. The monoisotopic (exact) mass is 289 g/mol. The molecular formula is C19H31NO. The number of hydrogen-bond donors (Lipinski definition) is 1. The van der Waals surface area contributed by atoms with Gasteiger partial charge in [-0.25, -0.2) is 0 Å². The van der Waals surface area contributed by atoms with Crippen LogP contribution in [-0.4, -0.2) is 19.8 Å². The molecule has 0 spiro atoms. The zero-order chi connectivity index (χ0) is 15.2. The topological polar surface area (TPSA) is 21.3 Å². The number of ether oxygens (including phenoxy) is 1. The van der Waals surface area contributed by atoms with Gasteiger partial charge in [-0.2, -0.15) is 0 Å². The fraction of sp³-hybridized carbons (Fsp3) is 0.684. The first-order chi connectivity index (χ1) is 10.2. The summed E-state index contributed by atoms with van der Waals surface area (Å²) in [5.74, 6) is 1.31. The Hall–Kier alpha value is -0.860. The maximum absolute atomic E-state index is 5.77. The quantitative estimate of drug-likeness (QED) is 0.751. The van der Waals surface area contributed by atoms with E-state index in [1.165, 1.54) is 30.4 Å². The van der Waals surface area contributed by atoms with E-state index in [2.05, 4.69) is 50.4 Å². The van der Waals surface area contributed by atoms with Crippen molar-refractivity contribution >= 4 is 0 Å². The SMILES string of the molecule is CCCNC(c1ccc(C2CCC2)cc1)C(OC)C(C)C. The van der Waals surface area contributed by atoms with Gasteiger partial charge in [-0.3, -0.25) is 0 Å². The van der Waals surface area contributed by atoms with E-state index >= 15 is 0 Å². The average molecular weight is 289 g/mol. The van der Waals surface area contributed by atoms with Crippen LogP contribution >= 0.6 is 0 Å². The van der Waals surface area contributed by atoms with Gasteiger partial charge in [-0.05, 0) is 48.8 Å². The minimum Gasteiger partial charge on any atom is -0.379 e. The van der Waals surface area contributed by atoms with Crippen molar-refractivity contribution in [3.63, 3.8) is 0 Å². The molecule has 1 saturated carbocycles. The Balaban J connectivity index is 2.14. The van der Waals surface area contributed by atoms with Crippen molar-refractivity contribution in [1.82, 2.24) is 5.32 Å². The van der Waals surface area contributed by atoms with Gasteiger partial charge in [0.05, 0.1) is 12.1 Å². The van der Waals surface area contributed by atoms with Crippen LogP contribution in [0.4, 0.5) is 0 Å². The smallest absolute Gasteiger partial charge is 0.0788 e. The Morgan fingerprint density at radius 3 is 2.29 bits per heavy atom. The zero-order valence-electron chi connectivity index (χ0n) is 14.1. The molecule has 0 bridgehead atoms. The summed E-state index contributed by atoms with van der Waals surface area (Å²) in [5.41, 5.74) is 2.87. The number of rotatable bonds is 8. The molecule has 2 nitrogen and oxygen atoms in total. The molecule has 0 radical (unpaired) electrons. The Labute approximate surface area is 130 Å². The van der Waals surface area contributed by atoms with Gasteiger partial charge in [0.25, 0.3) is 0 Å². The molecule has 1 aliphatic carbocycles. The minimum atomic E-state index is 0.214. The summed E-state index contributed by atoms with van der Waals surface area (Å²) in [4.78, 5) is 0. The largest absolute Gasteiger partial charge is 0.379 e. The molecule has 0 amide bonds. The maximum atomic E-state index is 5.77. The van der Waals surface area contributed by atoms with Gasteiger partial charge in [0.2, 0.25) is 0 Å². The van der Waals surface area contributed by atoms with Crippen LogP contribution in [0.3, 0.4) is 0 Å². The average Bonchev–Trinajstić information content (AvgIpc) is 2.42. The minimum absolute atomic E-state index is 0.214. The fourth-order valence-electron chi connectivity index (χ4n) is 3.23. The normalized spacial score (nSPS) is 18.5. The second kappa shape index (κ2) is 7.95. The molecule has 0 aromatic heterocycles. The molecule has 1 fully saturated rings. The second-order valence-electron chi connectivity index (χ2n) is 6.67. The summed E-state index contributed by atoms with van der Waals surface area (Å²) in [6, 6.07) is 9.54. The first-order valence-electron chi connectivity index (χ1n) is 8.53. The van der Waals surface area contributed by atoms with Gasteiger partial charge < -0.3 is 10.1 Å². The molecule has 2 unspecified atom stereocenters. The van der Waals surface area contributed by atoms with Crippen LogP contribution in [0, 0.1) is 5.92 Å². The highest BCUT2D eigenvalue weighted by Crippen LogP contribution is 2.37. The van der Waals surface area contributed by atoms with Crippen molar-refractivity contribution in [3.8, 4) is 0 Å². The second-order valence-corrected chi connectivity index (χ2v) is 6.67. The third-order valence-electron chi connectivity index (χ3n) is 4.74. The molecule has 0 aliphatic heterocycles. The van der Waals surface area contributed by atoms with Crippen LogP contribution in [0.2, 0.25) is 0 Å². The van der Waals surface area contributed by atoms with Crippen molar-refractivity contribution < 1.29 is 4.74 Å². The van der Waals surface area contributed by atoms with E-state index in [9.17, 15) is 0 Å². The van der Waals surface area contributed by atoms with Gasteiger partial charge >= 0.3 is 0 Å².